The van der Waals surface area contributed by atoms with Crippen LogP contribution >= 0.6 is 45.8 Å². The highest BCUT2D eigenvalue weighted by molar-refractivity contribution is 14.1. The van der Waals surface area contributed by atoms with E-state index in [4.69, 9.17) is 32.7 Å². The van der Waals surface area contributed by atoms with Crippen LogP contribution in [0.25, 0.3) is 11.6 Å². The van der Waals surface area contributed by atoms with Crippen LogP contribution in [0.5, 0.6) is 11.5 Å². The van der Waals surface area contributed by atoms with E-state index in [2.05, 4.69) is 28.7 Å². The molecule has 0 saturated carbocycles. The summed E-state index contributed by atoms with van der Waals surface area (Å²) in [5.41, 5.74) is 2.61. The quantitative estimate of drug-likeness (QED) is 0.0973. The molecule has 0 amide bonds. The third-order valence-corrected chi connectivity index (χ3v) is 5.98. The van der Waals surface area contributed by atoms with E-state index in [-0.39, 0.29) is 12.3 Å². The van der Waals surface area contributed by atoms with Gasteiger partial charge in [-0.2, -0.15) is 5.26 Å². The largest absolute Gasteiger partial charge is 0.493 e. The van der Waals surface area contributed by atoms with Gasteiger partial charge in [0.1, 0.15) is 6.61 Å². The van der Waals surface area contributed by atoms with Crippen molar-refractivity contribution in [1.29, 1.82) is 5.26 Å². The molecular formula is C23H15Cl2IN2O4. The van der Waals surface area contributed by atoms with Gasteiger partial charge in [0, 0.05) is 12.1 Å². The lowest BCUT2D eigenvalue weighted by molar-refractivity contribution is -0.384. The average Bonchev–Trinajstić information content (AvgIpc) is 2.78. The molecule has 6 nitrogen and oxygen atoms in total. The summed E-state index contributed by atoms with van der Waals surface area (Å²) in [4.78, 5) is 10.3. The number of allylic oxidation sites excluding steroid dienone is 1. The van der Waals surface area contributed by atoms with Crippen LogP contribution in [-0.4, -0.2) is 12.0 Å². The fourth-order valence-electron chi connectivity index (χ4n) is 2.84. The zero-order valence-corrected chi connectivity index (χ0v) is 20.3. The Bertz CT molecular complexity index is 1240. The van der Waals surface area contributed by atoms with Crippen LogP contribution in [0.4, 0.5) is 5.69 Å². The molecule has 0 unspecified atom stereocenters. The summed E-state index contributed by atoms with van der Waals surface area (Å²) in [6.45, 7) is 0.215. The lowest BCUT2D eigenvalue weighted by atomic mass is 10.0. The molecule has 0 spiro atoms. The van der Waals surface area contributed by atoms with Gasteiger partial charge in [-0.15, -0.1) is 0 Å². The number of nitro groups is 1. The van der Waals surface area contributed by atoms with Crippen LogP contribution in [0.2, 0.25) is 10.0 Å². The van der Waals surface area contributed by atoms with Crippen LogP contribution in [0.1, 0.15) is 16.7 Å². The van der Waals surface area contributed by atoms with Crippen LogP contribution in [0.15, 0.2) is 54.6 Å². The Morgan fingerprint density at radius 3 is 2.47 bits per heavy atom. The summed E-state index contributed by atoms with van der Waals surface area (Å²) in [7, 11) is 1.53. The van der Waals surface area contributed by atoms with E-state index in [0.29, 0.717) is 32.7 Å². The lowest BCUT2D eigenvalue weighted by Crippen LogP contribution is -2.00. The van der Waals surface area contributed by atoms with E-state index in [1.165, 1.54) is 19.2 Å². The Balaban J connectivity index is 1.86. The average molecular weight is 581 g/mol. The van der Waals surface area contributed by atoms with E-state index in [0.717, 1.165) is 14.7 Å². The van der Waals surface area contributed by atoms with Gasteiger partial charge in [-0.05, 0) is 81.8 Å². The van der Waals surface area contributed by atoms with Crippen molar-refractivity contribution in [3.63, 3.8) is 0 Å². The second-order valence-corrected chi connectivity index (χ2v) is 8.52. The second-order valence-electron chi connectivity index (χ2n) is 6.55. The molecule has 0 bridgehead atoms. The normalized spacial score (nSPS) is 11.0. The Morgan fingerprint density at radius 1 is 1.16 bits per heavy atom. The zero-order chi connectivity index (χ0) is 23.3. The summed E-state index contributed by atoms with van der Waals surface area (Å²) in [5, 5.41) is 21.2. The number of methoxy groups -OCH3 is 1. The molecule has 3 aromatic carbocycles. The molecule has 0 fully saturated rings. The van der Waals surface area contributed by atoms with E-state index in [1.54, 1.807) is 42.5 Å². The van der Waals surface area contributed by atoms with Gasteiger partial charge in [0.05, 0.1) is 37.3 Å². The number of rotatable bonds is 7. The molecular weight excluding hydrogens is 566 g/mol. The highest BCUT2D eigenvalue weighted by atomic mass is 127. The molecule has 0 saturated heterocycles. The SMILES string of the molecule is COc1cc(/C=C(/C#N)c2ccc(Cl)c(Cl)c2)cc(I)c1OCc1ccc([N+](=O)[O-])cc1. The van der Waals surface area contributed by atoms with Crippen molar-refractivity contribution < 1.29 is 14.4 Å². The summed E-state index contributed by atoms with van der Waals surface area (Å²) < 4.78 is 12.2. The van der Waals surface area contributed by atoms with Gasteiger partial charge in [0.2, 0.25) is 0 Å². The molecule has 9 heteroatoms. The maximum Gasteiger partial charge on any atom is 0.269 e. The van der Waals surface area contributed by atoms with Crippen molar-refractivity contribution in [3.05, 3.63) is 95.0 Å². The number of nitro benzene ring substituents is 1. The maximum atomic E-state index is 10.8. The molecule has 0 heterocycles. The third kappa shape index (κ3) is 5.71. The van der Waals surface area contributed by atoms with E-state index in [9.17, 15) is 15.4 Å². The summed E-state index contributed by atoms with van der Waals surface area (Å²) in [6, 6.07) is 17.0. The summed E-state index contributed by atoms with van der Waals surface area (Å²) >= 11 is 14.2. The standard InChI is InChI=1S/C23H15Cl2IN2O4/c1-31-22-10-15(8-17(12-27)16-4-7-19(24)20(25)11-16)9-21(26)23(22)32-13-14-2-5-18(6-3-14)28(29)30/h2-11H,13H2,1H3/b17-8-. The minimum atomic E-state index is -0.448. The first-order chi connectivity index (χ1) is 15.3. The van der Waals surface area contributed by atoms with Crippen molar-refractivity contribution in [2.45, 2.75) is 6.61 Å². The van der Waals surface area contributed by atoms with Crippen molar-refractivity contribution in [2.75, 3.05) is 7.11 Å². The number of nitrogens with zero attached hydrogens (tertiary/aromatic N) is 2. The van der Waals surface area contributed by atoms with Gasteiger partial charge in [0.15, 0.2) is 11.5 Å². The van der Waals surface area contributed by atoms with Crippen LogP contribution in [-0.2, 0) is 6.61 Å². The Hall–Kier alpha value is -2.80. The zero-order valence-electron chi connectivity index (χ0n) is 16.6. The van der Waals surface area contributed by atoms with Crippen LogP contribution in [0, 0.1) is 25.0 Å². The predicted octanol–water partition coefficient (Wildman–Crippen LogP) is 7.16. The first-order valence-electron chi connectivity index (χ1n) is 9.13. The molecule has 0 aromatic heterocycles. The number of halogens is 3. The van der Waals surface area contributed by atoms with Gasteiger partial charge in [-0.25, -0.2) is 0 Å². The van der Waals surface area contributed by atoms with Crippen molar-refractivity contribution in [3.8, 4) is 17.6 Å². The molecule has 32 heavy (non-hydrogen) atoms. The highest BCUT2D eigenvalue weighted by Crippen LogP contribution is 2.36. The molecule has 0 aliphatic rings. The van der Waals surface area contributed by atoms with Crippen LogP contribution < -0.4 is 9.47 Å². The van der Waals surface area contributed by atoms with Crippen molar-refractivity contribution in [1.82, 2.24) is 0 Å². The molecule has 3 aromatic rings. The molecule has 3 rings (SSSR count). The van der Waals surface area contributed by atoms with Gasteiger partial charge >= 0.3 is 0 Å². The molecule has 162 valence electrons. The maximum absolute atomic E-state index is 10.8. The smallest absolute Gasteiger partial charge is 0.269 e. The van der Waals surface area contributed by atoms with Gasteiger partial charge in [0.25, 0.3) is 5.69 Å². The van der Waals surface area contributed by atoms with Gasteiger partial charge in [-0.1, -0.05) is 29.3 Å². The number of nitriles is 1. The number of hydrogen-bond acceptors (Lipinski definition) is 5. The monoisotopic (exact) mass is 580 g/mol. The number of ether oxygens (including phenoxy) is 2. The topological polar surface area (TPSA) is 85.4 Å². The molecule has 0 aliphatic heterocycles. The van der Waals surface area contributed by atoms with E-state index in [1.807, 2.05) is 6.07 Å². The fourth-order valence-corrected chi connectivity index (χ4v) is 3.92. The summed E-state index contributed by atoms with van der Waals surface area (Å²) in [5.74, 6) is 1.04. The number of hydrogen-bond donors (Lipinski definition) is 0. The molecule has 0 radical (unpaired) electrons. The Morgan fingerprint density at radius 2 is 1.88 bits per heavy atom. The molecule has 0 atom stereocenters. The lowest BCUT2D eigenvalue weighted by Gasteiger charge is -2.14. The highest BCUT2D eigenvalue weighted by Gasteiger charge is 2.13. The summed E-state index contributed by atoms with van der Waals surface area (Å²) in [6.07, 6.45) is 1.73. The van der Waals surface area contributed by atoms with Gasteiger partial charge in [-0.3, -0.25) is 10.1 Å². The third-order valence-electron chi connectivity index (χ3n) is 4.44. The minimum Gasteiger partial charge on any atom is -0.493 e. The van der Waals surface area contributed by atoms with Crippen LogP contribution in [0.3, 0.4) is 0 Å². The Kier molecular flexibility index (Phi) is 7.96. The first kappa shape index (κ1) is 23.9. The fraction of sp³-hybridized carbons (Fsp3) is 0.0870. The van der Waals surface area contributed by atoms with Gasteiger partial charge < -0.3 is 9.47 Å². The second kappa shape index (κ2) is 10.7. The van der Waals surface area contributed by atoms with Crippen molar-refractivity contribution in [2.24, 2.45) is 0 Å². The Labute approximate surface area is 208 Å². The molecule has 0 N–H and O–H groups in total. The van der Waals surface area contributed by atoms with E-state index < -0.39 is 4.92 Å². The first-order valence-corrected chi connectivity index (χ1v) is 11.0. The predicted molar refractivity (Wildman–Crippen MR) is 133 cm³/mol. The number of non-ortho nitro benzene ring substituents is 1. The molecule has 0 aliphatic carbocycles. The number of benzene rings is 3. The van der Waals surface area contributed by atoms with E-state index >= 15 is 0 Å². The minimum absolute atomic E-state index is 0.0207. The van der Waals surface area contributed by atoms with Crippen molar-refractivity contribution >= 4 is 63.1 Å².